The maximum atomic E-state index is 12.8. The Morgan fingerprint density at radius 1 is 1.04 bits per heavy atom. The number of halogens is 1. The Bertz CT molecular complexity index is 813. The summed E-state index contributed by atoms with van der Waals surface area (Å²) in [4.78, 5) is 16.3. The van der Waals surface area contributed by atoms with Gasteiger partial charge in [0.25, 0.3) is 0 Å². The zero-order valence-electron chi connectivity index (χ0n) is 12.4. The van der Waals surface area contributed by atoms with Crippen molar-refractivity contribution in [1.82, 2.24) is 10.3 Å². The molecule has 0 saturated heterocycles. The highest BCUT2D eigenvalue weighted by Crippen LogP contribution is 2.20. The van der Waals surface area contributed by atoms with Gasteiger partial charge in [0.05, 0.1) is 17.7 Å². The van der Waals surface area contributed by atoms with Gasteiger partial charge in [-0.3, -0.25) is 9.78 Å². The summed E-state index contributed by atoms with van der Waals surface area (Å²) in [5, 5.41) is 6.91. The summed E-state index contributed by atoms with van der Waals surface area (Å²) in [6, 6.07) is 15.7. The van der Waals surface area contributed by atoms with E-state index in [9.17, 15) is 9.18 Å². The van der Waals surface area contributed by atoms with E-state index in [1.54, 1.807) is 18.3 Å². The number of nitrogens with one attached hydrogen (secondary N) is 2. The van der Waals surface area contributed by atoms with Crippen LogP contribution in [-0.4, -0.2) is 17.4 Å². The molecule has 4 nitrogen and oxygen atoms in total. The molecule has 23 heavy (non-hydrogen) atoms. The molecule has 0 aliphatic carbocycles. The van der Waals surface area contributed by atoms with Crippen molar-refractivity contribution in [3.8, 4) is 0 Å². The fraction of sp³-hybridized carbons (Fsp3) is 0.111. The van der Waals surface area contributed by atoms with Gasteiger partial charge in [0.1, 0.15) is 5.82 Å². The molecular formula is C18H16FN3O. The highest BCUT2D eigenvalue weighted by Gasteiger charge is 2.05. The third kappa shape index (κ3) is 3.83. The second-order valence-corrected chi connectivity index (χ2v) is 5.14. The van der Waals surface area contributed by atoms with E-state index in [0.717, 1.165) is 22.2 Å². The fourth-order valence-electron chi connectivity index (χ4n) is 2.29. The van der Waals surface area contributed by atoms with E-state index in [0.29, 0.717) is 6.54 Å². The van der Waals surface area contributed by atoms with E-state index in [1.165, 1.54) is 12.1 Å². The number of hydrogen-bond donors (Lipinski definition) is 2. The number of anilines is 1. The Balaban J connectivity index is 1.57. The molecule has 3 aromatic rings. The van der Waals surface area contributed by atoms with E-state index in [-0.39, 0.29) is 18.3 Å². The molecule has 5 heteroatoms. The van der Waals surface area contributed by atoms with Gasteiger partial charge in [0.2, 0.25) is 5.91 Å². The van der Waals surface area contributed by atoms with Crippen LogP contribution in [0.4, 0.5) is 10.1 Å². The summed E-state index contributed by atoms with van der Waals surface area (Å²) >= 11 is 0. The predicted molar refractivity (Wildman–Crippen MR) is 88.5 cm³/mol. The molecule has 0 spiro atoms. The summed E-state index contributed by atoms with van der Waals surface area (Å²) in [5.41, 5.74) is 2.51. The van der Waals surface area contributed by atoms with Crippen molar-refractivity contribution >= 4 is 22.5 Å². The predicted octanol–water partition coefficient (Wildman–Crippen LogP) is 3.10. The van der Waals surface area contributed by atoms with Crippen molar-refractivity contribution in [3.63, 3.8) is 0 Å². The van der Waals surface area contributed by atoms with Gasteiger partial charge in [0.15, 0.2) is 0 Å². The Labute approximate surface area is 133 Å². The van der Waals surface area contributed by atoms with Gasteiger partial charge >= 0.3 is 0 Å². The third-order valence-electron chi connectivity index (χ3n) is 3.48. The van der Waals surface area contributed by atoms with Gasteiger partial charge in [-0.25, -0.2) is 4.39 Å². The normalized spacial score (nSPS) is 10.5. The molecule has 0 saturated carbocycles. The van der Waals surface area contributed by atoms with Crippen molar-refractivity contribution in [2.24, 2.45) is 0 Å². The quantitative estimate of drug-likeness (QED) is 0.761. The second kappa shape index (κ2) is 6.87. The molecule has 1 aromatic heterocycles. The van der Waals surface area contributed by atoms with E-state index in [4.69, 9.17) is 0 Å². The molecular weight excluding hydrogens is 293 g/mol. The smallest absolute Gasteiger partial charge is 0.239 e. The summed E-state index contributed by atoms with van der Waals surface area (Å²) < 4.78 is 12.8. The summed E-state index contributed by atoms with van der Waals surface area (Å²) in [6.45, 7) is 0.519. The SMILES string of the molecule is O=C(CNc1cccc2cccnc12)NCc1ccc(F)cc1. The standard InChI is InChI=1S/C18H16FN3O/c19-15-8-6-13(7-9-15)11-22-17(23)12-21-16-5-1-3-14-4-2-10-20-18(14)16/h1-10,21H,11-12H2,(H,22,23). The number of hydrogen-bond acceptors (Lipinski definition) is 3. The number of aromatic nitrogens is 1. The van der Waals surface area contributed by atoms with Crippen LogP contribution in [0.25, 0.3) is 10.9 Å². The molecule has 1 amide bonds. The van der Waals surface area contributed by atoms with Crippen molar-refractivity contribution in [2.75, 3.05) is 11.9 Å². The third-order valence-corrected chi connectivity index (χ3v) is 3.48. The van der Waals surface area contributed by atoms with Gasteiger partial charge in [-0.1, -0.05) is 30.3 Å². The van der Waals surface area contributed by atoms with Gasteiger partial charge in [-0.15, -0.1) is 0 Å². The van der Waals surface area contributed by atoms with Crippen LogP contribution in [0.15, 0.2) is 60.8 Å². The van der Waals surface area contributed by atoms with Crippen molar-refractivity contribution in [3.05, 3.63) is 72.2 Å². The number of carbonyl (C=O) groups excluding carboxylic acids is 1. The number of amides is 1. The van der Waals surface area contributed by atoms with E-state index in [1.807, 2.05) is 30.3 Å². The van der Waals surface area contributed by atoms with E-state index >= 15 is 0 Å². The van der Waals surface area contributed by atoms with Crippen LogP contribution in [-0.2, 0) is 11.3 Å². The van der Waals surface area contributed by atoms with E-state index in [2.05, 4.69) is 15.6 Å². The number of carbonyl (C=O) groups is 1. The first kappa shape index (κ1) is 15.0. The maximum absolute atomic E-state index is 12.8. The van der Waals surface area contributed by atoms with Crippen molar-refractivity contribution < 1.29 is 9.18 Å². The average molecular weight is 309 g/mol. The van der Waals surface area contributed by atoms with Crippen LogP contribution in [0.3, 0.4) is 0 Å². The first-order chi connectivity index (χ1) is 11.2. The van der Waals surface area contributed by atoms with Gasteiger partial charge < -0.3 is 10.6 Å². The number of pyridine rings is 1. The van der Waals surface area contributed by atoms with Crippen LogP contribution in [0.5, 0.6) is 0 Å². The lowest BCUT2D eigenvalue weighted by atomic mass is 10.2. The molecule has 0 radical (unpaired) electrons. The molecule has 2 N–H and O–H groups in total. The molecule has 116 valence electrons. The first-order valence-electron chi connectivity index (χ1n) is 7.31. The summed E-state index contributed by atoms with van der Waals surface area (Å²) in [7, 11) is 0. The van der Waals surface area contributed by atoms with E-state index < -0.39 is 0 Å². The molecule has 0 atom stereocenters. The number of benzene rings is 2. The second-order valence-electron chi connectivity index (χ2n) is 5.14. The average Bonchev–Trinajstić information content (AvgIpc) is 2.59. The van der Waals surface area contributed by atoms with Crippen molar-refractivity contribution in [1.29, 1.82) is 0 Å². The maximum Gasteiger partial charge on any atom is 0.239 e. The van der Waals surface area contributed by atoms with Gasteiger partial charge in [-0.05, 0) is 29.8 Å². The number of para-hydroxylation sites is 1. The first-order valence-corrected chi connectivity index (χ1v) is 7.31. The highest BCUT2D eigenvalue weighted by atomic mass is 19.1. The topological polar surface area (TPSA) is 54.0 Å². The van der Waals surface area contributed by atoms with Crippen LogP contribution < -0.4 is 10.6 Å². The minimum absolute atomic E-state index is 0.137. The molecule has 0 unspecified atom stereocenters. The lowest BCUT2D eigenvalue weighted by Crippen LogP contribution is -2.29. The molecule has 0 bridgehead atoms. The Morgan fingerprint density at radius 3 is 2.65 bits per heavy atom. The largest absolute Gasteiger partial charge is 0.374 e. The summed E-state index contributed by atoms with van der Waals surface area (Å²) in [6.07, 6.45) is 1.72. The molecule has 0 aliphatic heterocycles. The molecule has 0 aliphatic rings. The fourth-order valence-corrected chi connectivity index (χ4v) is 2.29. The lowest BCUT2D eigenvalue weighted by Gasteiger charge is -2.09. The number of rotatable bonds is 5. The lowest BCUT2D eigenvalue weighted by molar-refractivity contribution is -0.119. The minimum atomic E-state index is -0.287. The Kier molecular flexibility index (Phi) is 4.47. The molecule has 2 aromatic carbocycles. The van der Waals surface area contributed by atoms with Crippen LogP contribution in [0, 0.1) is 5.82 Å². The number of nitrogens with zero attached hydrogens (tertiary/aromatic N) is 1. The molecule has 1 heterocycles. The highest BCUT2D eigenvalue weighted by molar-refractivity contribution is 5.92. The zero-order chi connectivity index (χ0) is 16.1. The van der Waals surface area contributed by atoms with Gasteiger partial charge in [0, 0.05) is 18.1 Å². The van der Waals surface area contributed by atoms with Crippen molar-refractivity contribution in [2.45, 2.75) is 6.54 Å². The minimum Gasteiger partial charge on any atom is -0.374 e. The Morgan fingerprint density at radius 2 is 1.83 bits per heavy atom. The summed E-state index contributed by atoms with van der Waals surface area (Å²) in [5.74, 6) is -0.424. The molecule has 0 fully saturated rings. The van der Waals surface area contributed by atoms with Crippen LogP contribution in [0.1, 0.15) is 5.56 Å². The monoisotopic (exact) mass is 309 g/mol. The molecule has 3 rings (SSSR count). The van der Waals surface area contributed by atoms with Gasteiger partial charge in [-0.2, -0.15) is 0 Å². The Hall–Kier alpha value is -2.95. The van der Waals surface area contributed by atoms with Crippen LogP contribution >= 0.6 is 0 Å². The number of fused-ring (bicyclic) bond motifs is 1. The van der Waals surface area contributed by atoms with Crippen LogP contribution in [0.2, 0.25) is 0 Å². The zero-order valence-corrected chi connectivity index (χ0v) is 12.4.